The summed E-state index contributed by atoms with van der Waals surface area (Å²) in [6.45, 7) is 5.32. The van der Waals surface area contributed by atoms with E-state index in [0.29, 0.717) is 5.56 Å². The zero-order valence-corrected chi connectivity index (χ0v) is 8.40. The van der Waals surface area contributed by atoms with Crippen LogP contribution in [0.25, 0.3) is 0 Å². The van der Waals surface area contributed by atoms with Crippen LogP contribution in [0.4, 0.5) is 0 Å². The first kappa shape index (κ1) is 11.1. The monoisotopic (exact) mass is 207 g/mol. The number of phenolic OH excluding ortho intramolecular Hbond substituents is 2. The number of benzene rings is 1. The number of phenols is 2. The highest BCUT2D eigenvalue weighted by atomic mass is 16.3. The van der Waals surface area contributed by atoms with Gasteiger partial charge in [0, 0.05) is 11.6 Å². The Morgan fingerprint density at radius 2 is 2.13 bits per heavy atom. The van der Waals surface area contributed by atoms with Gasteiger partial charge in [-0.1, -0.05) is 6.08 Å². The maximum Gasteiger partial charge on any atom is 0.251 e. The largest absolute Gasteiger partial charge is 0.504 e. The smallest absolute Gasteiger partial charge is 0.251 e. The van der Waals surface area contributed by atoms with Gasteiger partial charge in [-0.2, -0.15) is 0 Å². The molecule has 1 rings (SSSR count). The SMILES string of the molecule is C=CC(C)NC(=O)c1ccc(O)c(O)c1. The second-order valence-corrected chi connectivity index (χ2v) is 3.20. The minimum atomic E-state index is -0.322. The van der Waals surface area contributed by atoms with Crippen LogP contribution in [0.5, 0.6) is 11.5 Å². The molecule has 1 aromatic rings. The molecule has 3 N–H and O–H groups in total. The molecular formula is C11H13NO3. The highest BCUT2D eigenvalue weighted by Gasteiger charge is 2.09. The Bertz CT molecular complexity index is 387. The van der Waals surface area contributed by atoms with Crippen LogP contribution in [0.2, 0.25) is 0 Å². The fourth-order valence-electron chi connectivity index (χ4n) is 1.01. The van der Waals surface area contributed by atoms with Crippen molar-refractivity contribution in [3.8, 4) is 11.5 Å². The second kappa shape index (κ2) is 4.50. The second-order valence-electron chi connectivity index (χ2n) is 3.20. The van der Waals surface area contributed by atoms with Crippen molar-refractivity contribution in [2.45, 2.75) is 13.0 Å². The predicted octanol–water partition coefficient (Wildman–Crippen LogP) is 1.40. The van der Waals surface area contributed by atoms with Crippen molar-refractivity contribution < 1.29 is 15.0 Å². The molecule has 0 aromatic heterocycles. The van der Waals surface area contributed by atoms with Crippen LogP contribution in [0.1, 0.15) is 17.3 Å². The zero-order valence-electron chi connectivity index (χ0n) is 8.40. The molecule has 0 bridgehead atoms. The summed E-state index contributed by atoms with van der Waals surface area (Å²) in [5.41, 5.74) is 0.291. The molecule has 1 atom stereocenters. The summed E-state index contributed by atoms with van der Waals surface area (Å²) < 4.78 is 0. The Balaban J connectivity index is 2.83. The summed E-state index contributed by atoms with van der Waals surface area (Å²) in [5, 5.41) is 20.9. The highest BCUT2D eigenvalue weighted by Crippen LogP contribution is 2.24. The highest BCUT2D eigenvalue weighted by molar-refractivity contribution is 5.95. The molecule has 1 unspecified atom stereocenters. The summed E-state index contributed by atoms with van der Waals surface area (Å²) >= 11 is 0. The first-order chi connectivity index (χ1) is 7.04. The van der Waals surface area contributed by atoms with Gasteiger partial charge in [0.2, 0.25) is 0 Å². The van der Waals surface area contributed by atoms with Gasteiger partial charge in [0.05, 0.1) is 0 Å². The minimum absolute atomic E-state index is 0.145. The molecule has 0 aliphatic rings. The van der Waals surface area contributed by atoms with Gasteiger partial charge in [0.15, 0.2) is 11.5 Å². The lowest BCUT2D eigenvalue weighted by molar-refractivity contribution is 0.0946. The molecule has 15 heavy (non-hydrogen) atoms. The zero-order chi connectivity index (χ0) is 11.4. The molecule has 0 heterocycles. The molecule has 1 aromatic carbocycles. The van der Waals surface area contributed by atoms with Gasteiger partial charge < -0.3 is 15.5 Å². The molecule has 0 radical (unpaired) electrons. The molecule has 0 saturated heterocycles. The molecule has 0 aliphatic carbocycles. The standard InChI is InChI=1S/C11H13NO3/c1-3-7(2)12-11(15)8-4-5-9(13)10(14)6-8/h3-7,13-14H,1H2,2H3,(H,12,15). The number of nitrogens with one attached hydrogen (secondary N) is 1. The molecular weight excluding hydrogens is 194 g/mol. The molecule has 0 fully saturated rings. The Kier molecular flexibility index (Phi) is 3.33. The van der Waals surface area contributed by atoms with Gasteiger partial charge in [-0.3, -0.25) is 4.79 Å². The van der Waals surface area contributed by atoms with Gasteiger partial charge in [-0.15, -0.1) is 6.58 Å². The number of amides is 1. The Morgan fingerprint density at radius 1 is 1.47 bits per heavy atom. The number of carbonyl (C=O) groups excluding carboxylic acids is 1. The van der Waals surface area contributed by atoms with Gasteiger partial charge in [0.25, 0.3) is 5.91 Å². The lowest BCUT2D eigenvalue weighted by Crippen LogP contribution is -2.30. The summed E-state index contributed by atoms with van der Waals surface area (Å²) in [5.74, 6) is -0.880. The van der Waals surface area contributed by atoms with E-state index in [0.717, 1.165) is 0 Å². The van der Waals surface area contributed by atoms with E-state index in [-0.39, 0.29) is 23.4 Å². The minimum Gasteiger partial charge on any atom is -0.504 e. The van der Waals surface area contributed by atoms with E-state index in [1.165, 1.54) is 18.2 Å². The number of hydrogen-bond acceptors (Lipinski definition) is 3. The van der Waals surface area contributed by atoms with Gasteiger partial charge in [-0.25, -0.2) is 0 Å². The summed E-state index contributed by atoms with van der Waals surface area (Å²) in [6, 6.07) is 3.76. The Hall–Kier alpha value is -1.97. The molecule has 0 saturated carbocycles. The topological polar surface area (TPSA) is 69.6 Å². The third-order valence-corrected chi connectivity index (χ3v) is 1.95. The van der Waals surface area contributed by atoms with E-state index in [2.05, 4.69) is 11.9 Å². The summed E-state index contributed by atoms with van der Waals surface area (Å²) in [4.78, 5) is 11.5. The first-order valence-corrected chi connectivity index (χ1v) is 4.50. The lowest BCUT2D eigenvalue weighted by atomic mass is 10.2. The van der Waals surface area contributed by atoms with Crippen LogP contribution in [0.15, 0.2) is 30.9 Å². The van der Waals surface area contributed by atoms with Crippen molar-refractivity contribution in [2.75, 3.05) is 0 Å². The van der Waals surface area contributed by atoms with E-state index in [1.807, 2.05) is 0 Å². The van der Waals surface area contributed by atoms with Crippen LogP contribution in [-0.4, -0.2) is 22.2 Å². The van der Waals surface area contributed by atoms with E-state index in [1.54, 1.807) is 13.0 Å². The van der Waals surface area contributed by atoms with Crippen LogP contribution in [0, 0.1) is 0 Å². The van der Waals surface area contributed by atoms with Crippen LogP contribution < -0.4 is 5.32 Å². The first-order valence-electron chi connectivity index (χ1n) is 4.50. The van der Waals surface area contributed by atoms with Crippen molar-refractivity contribution in [3.05, 3.63) is 36.4 Å². The van der Waals surface area contributed by atoms with Gasteiger partial charge in [-0.05, 0) is 25.1 Å². The maximum absolute atomic E-state index is 11.5. The molecule has 80 valence electrons. The average molecular weight is 207 g/mol. The quantitative estimate of drug-likeness (QED) is 0.518. The molecule has 0 spiro atoms. The predicted molar refractivity (Wildman–Crippen MR) is 56.9 cm³/mol. The maximum atomic E-state index is 11.5. The number of carbonyl (C=O) groups is 1. The van der Waals surface area contributed by atoms with E-state index < -0.39 is 0 Å². The molecule has 4 nitrogen and oxygen atoms in total. The van der Waals surface area contributed by atoms with Crippen molar-refractivity contribution in [2.24, 2.45) is 0 Å². The third-order valence-electron chi connectivity index (χ3n) is 1.95. The molecule has 1 amide bonds. The van der Waals surface area contributed by atoms with Gasteiger partial charge in [0.1, 0.15) is 0 Å². The summed E-state index contributed by atoms with van der Waals surface area (Å²) in [6.07, 6.45) is 1.60. The van der Waals surface area contributed by atoms with Crippen LogP contribution >= 0.6 is 0 Å². The van der Waals surface area contributed by atoms with E-state index >= 15 is 0 Å². The lowest BCUT2D eigenvalue weighted by Gasteiger charge is -2.09. The van der Waals surface area contributed by atoms with Crippen LogP contribution in [-0.2, 0) is 0 Å². The number of rotatable bonds is 3. The van der Waals surface area contributed by atoms with Crippen molar-refractivity contribution >= 4 is 5.91 Å². The normalized spacial score (nSPS) is 11.8. The van der Waals surface area contributed by atoms with Gasteiger partial charge >= 0.3 is 0 Å². The summed E-state index contributed by atoms with van der Waals surface area (Å²) in [7, 11) is 0. The number of aromatic hydroxyl groups is 2. The van der Waals surface area contributed by atoms with Crippen molar-refractivity contribution in [1.29, 1.82) is 0 Å². The fraction of sp³-hybridized carbons (Fsp3) is 0.182. The van der Waals surface area contributed by atoms with E-state index in [9.17, 15) is 9.90 Å². The average Bonchev–Trinajstić information content (AvgIpc) is 2.21. The fourth-order valence-corrected chi connectivity index (χ4v) is 1.01. The molecule has 4 heteroatoms. The third kappa shape index (κ3) is 2.74. The number of hydrogen-bond donors (Lipinski definition) is 3. The Labute approximate surface area is 87.9 Å². The Morgan fingerprint density at radius 3 is 2.67 bits per heavy atom. The van der Waals surface area contributed by atoms with Crippen LogP contribution in [0.3, 0.4) is 0 Å². The molecule has 0 aliphatic heterocycles. The van der Waals surface area contributed by atoms with E-state index in [4.69, 9.17) is 5.11 Å². The van der Waals surface area contributed by atoms with Crippen molar-refractivity contribution in [1.82, 2.24) is 5.32 Å². The van der Waals surface area contributed by atoms with Crippen molar-refractivity contribution in [3.63, 3.8) is 0 Å².